The second-order valence-electron chi connectivity index (χ2n) is 2.43. The Bertz CT molecular complexity index is 426. The van der Waals surface area contributed by atoms with Gasteiger partial charge in [-0.15, -0.1) is 0 Å². The maximum Gasteiger partial charge on any atom is 0.256 e. The first kappa shape index (κ1) is 8.95. The molecule has 2 aromatic rings. The van der Waals surface area contributed by atoms with E-state index in [4.69, 9.17) is 5.73 Å². The maximum atomic E-state index is 5.52. The molecular weight excluding hydrogens is 200 g/mol. The summed E-state index contributed by atoms with van der Waals surface area (Å²) in [6.45, 7) is 0. The summed E-state index contributed by atoms with van der Waals surface area (Å²) < 4.78 is 1.54. The van der Waals surface area contributed by atoms with Crippen LogP contribution < -0.4 is 5.73 Å². The van der Waals surface area contributed by atoms with Crippen LogP contribution in [0.5, 0.6) is 0 Å². The molecule has 0 aliphatic heterocycles. The molecule has 72 valence electrons. The van der Waals surface area contributed by atoms with Crippen LogP contribution in [0.15, 0.2) is 23.6 Å². The normalized spacial score (nSPS) is 10.4. The van der Waals surface area contributed by atoms with Gasteiger partial charge in [0.1, 0.15) is 0 Å². The molecule has 6 nitrogen and oxygen atoms in total. The minimum atomic E-state index is 0.204. The Morgan fingerprint density at radius 3 is 2.86 bits per heavy atom. The van der Waals surface area contributed by atoms with Crippen molar-refractivity contribution in [1.82, 2.24) is 24.7 Å². The highest BCUT2D eigenvalue weighted by Gasteiger charge is 2.04. The Balaban J connectivity index is 2.48. The monoisotopic (exact) mass is 208 g/mol. The Kier molecular flexibility index (Phi) is 2.32. The summed E-state index contributed by atoms with van der Waals surface area (Å²) in [5.41, 5.74) is 5.52. The molecular formula is C7H8N6S. The van der Waals surface area contributed by atoms with Crippen molar-refractivity contribution in [1.29, 1.82) is 0 Å². The molecule has 2 heterocycles. The van der Waals surface area contributed by atoms with Gasteiger partial charge in [-0.1, -0.05) is 11.8 Å². The summed E-state index contributed by atoms with van der Waals surface area (Å²) in [5.74, 6) is 0.640. The summed E-state index contributed by atoms with van der Waals surface area (Å²) in [5, 5.41) is 4.59. The first-order valence-electron chi connectivity index (χ1n) is 3.85. The molecule has 0 unspecified atom stereocenters. The lowest BCUT2D eigenvalue weighted by Gasteiger charge is -2.01. The second kappa shape index (κ2) is 3.62. The minimum Gasteiger partial charge on any atom is -0.368 e. The van der Waals surface area contributed by atoms with Crippen LogP contribution in [0.1, 0.15) is 0 Å². The van der Waals surface area contributed by atoms with Gasteiger partial charge in [0.2, 0.25) is 5.95 Å². The summed E-state index contributed by atoms with van der Waals surface area (Å²) in [7, 11) is 0. The van der Waals surface area contributed by atoms with Crippen molar-refractivity contribution in [2.24, 2.45) is 0 Å². The van der Waals surface area contributed by atoms with Gasteiger partial charge in [0.25, 0.3) is 5.95 Å². The van der Waals surface area contributed by atoms with Crippen molar-refractivity contribution < 1.29 is 0 Å². The van der Waals surface area contributed by atoms with Crippen LogP contribution in [0.3, 0.4) is 0 Å². The van der Waals surface area contributed by atoms with E-state index in [0.717, 1.165) is 0 Å². The van der Waals surface area contributed by atoms with Gasteiger partial charge in [0.15, 0.2) is 5.16 Å². The van der Waals surface area contributed by atoms with E-state index in [0.29, 0.717) is 11.1 Å². The van der Waals surface area contributed by atoms with Gasteiger partial charge < -0.3 is 5.73 Å². The zero-order chi connectivity index (χ0) is 9.97. The fraction of sp³-hybridized carbons (Fsp3) is 0.143. The van der Waals surface area contributed by atoms with E-state index in [1.165, 1.54) is 16.4 Å². The van der Waals surface area contributed by atoms with Crippen LogP contribution in [0, 0.1) is 0 Å². The predicted molar refractivity (Wildman–Crippen MR) is 53.1 cm³/mol. The summed E-state index contributed by atoms with van der Waals surface area (Å²) >= 11 is 1.41. The summed E-state index contributed by atoms with van der Waals surface area (Å²) in [6, 6.07) is 1.79. The van der Waals surface area contributed by atoms with Crippen LogP contribution in [-0.4, -0.2) is 31.0 Å². The molecule has 0 aliphatic rings. The van der Waals surface area contributed by atoms with E-state index < -0.39 is 0 Å². The lowest BCUT2D eigenvalue weighted by molar-refractivity contribution is 0.765. The van der Waals surface area contributed by atoms with E-state index in [1.54, 1.807) is 18.5 Å². The van der Waals surface area contributed by atoms with Gasteiger partial charge >= 0.3 is 0 Å². The zero-order valence-corrected chi connectivity index (χ0v) is 8.27. The molecule has 0 spiro atoms. The third-order valence-electron chi connectivity index (χ3n) is 1.51. The zero-order valence-electron chi connectivity index (χ0n) is 7.45. The molecule has 7 heteroatoms. The van der Waals surface area contributed by atoms with Gasteiger partial charge in [-0.2, -0.15) is 20.1 Å². The molecule has 0 amide bonds. The first-order valence-corrected chi connectivity index (χ1v) is 5.07. The van der Waals surface area contributed by atoms with Crippen molar-refractivity contribution in [2.45, 2.75) is 5.16 Å². The number of rotatable bonds is 2. The van der Waals surface area contributed by atoms with E-state index in [1.807, 2.05) is 6.26 Å². The van der Waals surface area contributed by atoms with Crippen molar-refractivity contribution in [3.63, 3.8) is 0 Å². The number of anilines is 1. The lowest BCUT2D eigenvalue weighted by atomic mass is 10.7. The highest BCUT2D eigenvalue weighted by molar-refractivity contribution is 7.98. The van der Waals surface area contributed by atoms with E-state index in [2.05, 4.69) is 20.1 Å². The largest absolute Gasteiger partial charge is 0.368 e. The highest BCUT2D eigenvalue weighted by atomic mass is 32.2. The van der Waals surface area contributed by atoms with Crippen molar-refractivity contribution in [3.8, 4) is 5.95 Å². The van der Waals surface area contributed by atoms with E-state index >= 15 is 0 Å². The number of thioether (sulfide) groups is 1. The molecule has 14 heavy (non-hydrogen) atoms. The Morgan fingerprint density at radius 1 is 1.36 bits per heavy atom. The number of nitrogen functional groups attached to an aromatic ring is 1. The number of hydrogen-bond donors (Lipinski definition) is 1. The minimum absolute atomic E-state index is 0.204. The molecule has 0 aromatic carbocycles. The molecule has 0 radical (unpaired) electrons. The number of aromatic nitrogens is 5. The summed E-state index contributed by atoms with van der Waals surface area (Å²) in [4.78, 5) is 12.1. The van der Waals surface area contributed by atoms with Gasteiger partial charge in [0, 0.05) is 12.4 Å². The average Bonchev–Trinajstić information content (AvgIpc) is 2.69. The van der Waals surface area contributed by atoms with Gasteiger partial charge in [0.05, 0.1) is 0 Å². The predicted octanol–water partition coefficient (Wildman–Crippen LogP) is 0.361. The quantitative estimate of drug-likeness (QED) is 0.717. The maximum absolute atomic E-state index is 5.52. The highest BCUT2D eigenvalue weighted by Crippen LogP contribution is 2.10. The second-order valence-corrected chi connectivity index (χ2v) is 3.20. The molecule has 0 atom stereocenters. The van der Waals surface area contributed by atoms with Crippen LogP contribution in [0.4, 0.5) is 5.95 Å². The summed E-state index contributed by atoms with van der Waals surface area (Å²) in [6.07, 6.45) is 5.28. The molecule has 2 N–H and O–H groups in total. The van der Waals surface area contributed by atoms with Crippen LogP contribution >= 0.6 is 11.8 Å². The van der Waals surface area contributed by atoms with Gasteiger partial charge in [-0.25, -0.2) is 4.68 Å². The van der Waals surface area contributed by atoms with Crippen molar-refractivity contribution >= 4 is 17.7 Å². The van der Waals surface area contributed by atoms with Crippen LogP contribution in [-0.2, 0) is 0 Å². The fourth-order valence-electron chi connectivity index (χ4n) is 0.942. The number of nitrogens with two attached hydrogens (primary N) is 1. The standard InChI is InChI=1S/C7H8N6S/c1-14-7-11-5(8)10-6(12-7)13-4-2-3-9-13/h2-4H,1H3,(H2,8,10,11,12). The molecule has 2 rings (SSSR count). The number of hydrogen-bond acceptors (Lipinski definition) is 6. The SMILES string of the molecule is CSc1nc(N)nc(-n2cccn2)n1. The van der Waals surface area contributed by atoms with Crippen molar-refractivity contribution in [3.05, 3.63) is 18.5 Å². The fourth-order valence-corrected chi connectivity index (χ4v) is 1.30. The molecule has 0 aliphatic carbocycles. The molecule has 0 bridgehead atoms. The van der Waals surface area contributed by atoms with Gasteiger partial charge in [-0.3, -0.25) is 0 Å². The lowest BCUT2D eigenvalue weighted by Crippen LogP contribution is -2.07. The topological polar surface area (TPSA) is 82.5 Å². The molecule has 0 saturated carbocycles. The van der Waals surface area contributed by atoms with Crippen LogP contribution in [0.2, 0.25) is 0 Å². The average molecular weight is 208 g/mol. The van der Waals surface area contributed by atoms with E-state index in [-0.39, 0.29) is 5.95 Å². The third-order valence-corrected chi connectivity index (χ3v) is 2.06. The molecule has 0 fully saturated rings. The first-order chi connectivity index (χ1) is 6.79. The van der Waals surface area contributed by atoms with E-state index in [9.17, 15) is 0 Å². The Hall–Kier alpha value is -1.63. The molecule has 0 saturated heterocycles. The smallest absolute Gasteiger partial charge is 0.256 e. The number of nitrogens with zero attached hydrogens (tertiary/aromatic N) is 5. The van der Waals surface area contributed by atoms with Crippen molar-refractivity contribution in [2.75, 3.05) is 12.0 Å². The molecule has 2 aromatic heterocycles. The van der Waals surface area contributed by atoms with Gasteiger partial charge in [-0.05, 0) is 12.3 Å². The Labute approximate surface area is 84.6 Å². The Morgan fingerprint density at radius 2 is 2.21 bits per heavy atom. The third kappa shape index (κ3) is 1.67. The van der Waals surface area contributed by atoms with Crippen LogP contribution in [0.25, 0.3) is 5.95 Å².